The van der Waals surface area contributed by atoms with E-state index in [1.807, 2.05) is 0 Å². The van der Waals surface area contributed by atoms with E-state index in [-0.39, 0.29) is 0 Å². The number of benzene rings is 1. The summed E-state index contributed by atoms with van der Waals surface area (Å²) in [5.74, 6) is 1.67. The maximum Gasteiger partial charge on any atom is 0.344 e. The van der Waals surface area contributed by atoms with Crippen LogP contribution in [-0.2, 0) is 4.79 Å². The van der Waals surface area contributed by atoms with Crippen molar-refractivity contribution >= 4 is 17.6 Å². The third kappa shape index (κ3) is 2.90. The number of aliphatic carboxylic acids is 1. The largest absolute Gasteiger partial charge is 0.479 e. The molecule has 0 bridgehead atoms. The SMILES string of the molecule is C#Cc1cc(Cl)ccc1O[C@@H](C)C(=O)O. The fourth-order valence-electron chi connectivity index (χ4n) is 0.959. The molecule has 0 spiro atoms. The zero-order chi connectivity index (χ0) is 11.4. The molecule has 0 aliphatic rings. The number of hydrogen-bond acceptors (Lipinski definition) is 2. The van der Waals surface area contributed by atoms with Crippen molar-refractivity contribution in [3.05, 3.63) is 28.8 Å². The molecule has 0 heterocycles. The van der Waals surface area contributed by atoms with E-state index in [1.165, 1.54) is 6.92 Å². The first kappa shape index (κ1) is 11.4. The van der Waals surface area contributed by atoms with E-state index in [4.69, 9.17) is 27.9 Å². The fraction of sp³-hybridized carbons (Fsp3) is 0.182. The molecule has 15 heavy (non-hydrogen) atoms. The fourth-order valence-corrected chi connectivity index (χ4v) is 1.13. The smallest absolute Gasteiger partial charge is 0.344 e. The van der Waals surface area contributed by atoms with E-state index in [0.29, 0.717) is 16.3 Å². The molecule has 1 aromatic carbocycles. The maximum atomic E-state index is 10.6. The molecule has 0 fully saturated rings. The second kappa shape index (κ2) is 4.72. The van der Waals surface area contributed by atoms with Crippen LogP contribution in [0.25, 0.3) is 0 Å². The summed E-state index contributed by atoms with van der Waals surface area (Å²) < 4.78 is 5.15. The molecule has 1 N–H and O–H groups in total. The second-order valence-corrected chi connectivity index (χ2v) is 3.32. The summed E-state index contributed by atoms with van der Waals surface area (Å²) in [5, 5.41) is 9.14. The summed E-state index contributed by atoms with van der Waals surface area (Å²) in [7, 11) is 0. The molecule has 0 aromatic heterocycles. The number of carbonyl (C=O) groups is 1. The van der Waals surface area contributed by atoms with Crippen molar-refractivity contribution < 1.29 is 14.6 Å². The van der Waals surface area contributed by atoms with Crippen molar-refractivity contribution in [1.82, 2.24) is 0 Å². The average Bonchev–Trinajstić information content (AvgIpc) is 2.20. The van der Waals surface area contributed by atoms with Crippen LogP contribution >= 0.6 is 11.6 Å². The van der Waals surface area contributed by atoms with Crippen molar-refractivity contribution in [2.45, 2.75) is 13.0 Å². The Kier molecular flexibility index (Phi) is 3.59. The van der Waals surface area contributed by atoms with Crippen LogP contribution in [0.4, 0.5) is 0 Å². The highest BCUT2D eigenvalue weighted by Crippen LogP contribution is 2.22. The third-order valence-corrected chi connectivity index (χ3v) is 1.98. The Morgan fingerprint density at radius 2 is 2.33 bits per heavy atom. The van der Waals surface area contributed by atoms with E-state index in [1.54, 1.807) is 18.2 Å². The van der Waals surface area contributed by atoms with E-state index in [2.05, 4.69) is 5.92 Å². The van der Waals surface area contributed by atoms with Crippen LogP contribution in [0.2, 0.25) is 5.02 Å². The molecule has 0 saturated heterocycles. The van der Waals surface area contributed by atoms with Crippen molar-refractivity contribution in [3.8, 4) is 18.1 Å². The summed E-state index contributed by atoms with van der Waals surface area (Å²) in [4.78, 5) is 10.6. The molecule has 1 aromatic rings. The van der Waals surface area contributed by atoms with E-state index < -0.39 is 12.1 Å². The molecule has 0 aliphatic heterocycles. The van der Waals surface area contributed by atoms with Crippen molar-refractivity contribution in [1.29, 1.82) is 0 Å². The quantitative estimate of drug-likeness (QED) is 0.801. The zero-order valence-electron chi connectivity index (χ0n) is 8.03. The van der Waals surface area contributed by atoms with Crippen molar-refractivity contribution in [2.75, 3.05) is 0 Å². The predicted octanol–water partition coefficient (Wildman–Crippen LogP) is 2.17. The van der Waals surface area contributed by atoms with Crippen molar-refractivity contribution in [2.24, 2.45) is 0 Å². The lowest BCUT2D eigenvalue weighted by atomic mass is 10.2. The molecule has 1 rings (SSSR count). The first-order valence-corrected chi connectivity index (χ1v) is 4.58. The summed E-state index contributed by atoms with van der Waals surface area (Å²) in [6, 6.07) is 4.69. The number of rotatable bonds is 3. The van der Waals surface area contributed by atoms with Crippen LogP contribution < -0.4 is 4.74 Å². The lowest BCUT2D eigenvalue weighted by molar-refractivity contribution is -0.144. The van der Waals surface area contributed by atoms with Gasteiger partial charge in [-0.15, -0.1) is 6.42 Å². The van der Waals surface area contributed by atoms with Gasteiger partial charge in [0.05, 0.1) is 5.56 Å². The number of carboxylic acids is 1. The molecule has 0 unspecified atom stereocenters. The number of carboxylic acid groups (broad SMARTS) is 1. The Balaban J connectivity index is 2.96. The van der Waals surface area contributed by atoms with Gasteiger partial charge in [-0.3, -0.25) is 0 Å². The molecule has 4 heteroatoms. The predicted molar refractivity (Wildman–Crippen MR) is 57.1 cm³/mol. The molecule has 0 saturated carbocycles. The lowest BCUT2D eigenvalue weighted by Crippen LogP contribution is -2.23. The monoisotopic (exact) mass is 224 g/mol. The Labute approximate surface area is 92.6 Å². The molecule has 78 valence electrons. The molecule has 3 nitrogen and oxygen atoms in total. The van der Waals surface area contributed by atoms with Gasteiger partial charge in [0, 0.05) is 5.02 Å². The van der Waals surface area contributed by atoms with Crippen LogP contribution in [0.3, 0.4) is 0 Å². The average molecular weight is 225 g/mol. The van der Waals surface area contributed by atoms with Gasteiger partial charge in [-0.25, -0.2) is 4.79 Å². The van der Waals surface area contributed by atoms with Gasteiger partial charge in [-0.2, -0.15) is 0 Å². The number of hydrogen-bond donors (Lipinski definition) is 1. The Bertz CT molecular complexity index is 420. The van der Waals surface area contributed by atoms with Gasteiger partial charge in [0.15, 0.2) is 6.10 Å². The number of halogens is 1. The Hall–Kier alpha value is -1.66. The molecular formula is C11H9ClO3. The maximum absolute atomic E-state index is 10.6. The molecular weight excluding hydrogens is 216 g/mol. The van der Waals surface area contributed by atoms with Gasteiger partial charge in [0.2, 0.25) is 0 Å². The highest BCUT2D eigenvalue weighted by Gasteiger charge is 2.14. The molecule has 0 amide bonds. The van der Waals surface area contributed by atoms with Gasteiger partial charge in [0.25, 0.3) is 0 Å². The summed E-state index contributed by atoms with van der Waals surface area (Å²) in [6.45, 7) is 1.43. The topological polar surface area (TPSA) is 46.5 Å². The molecule has 0 aliphatic carbocycles. The minimum Gasteiger partial charge on any atom is -0.479 e. The van der Waals surface area contributed by atoms with Crippen LogP contribution in [0.1, 0.15) is 12.5 Å². The van der Waals surface area contributed by atoms with Gasteiger partial charge in [-0.05, 0) is 25.1 Å². The van der Waals surface area contributed by atoms with E-state index in [0.717, 1.165) is 0 Å². The zero-order valence-corrected chi connectivity index (χ0v) is 8.78. The van der Waals surface area contributed by atoms with Crippen LogP contribution in [-0.4, -0.2) is 17.2 Å². The molecule has 1 atom stereocenters. The van der Waals surface area contributed by atoms with Gasteiger partial charge < -0.3 is 9.84 Å². The number of terminal acetylenes is 1. The first-order valence-electron chi connectivity index (χ1n) is 4.20. The van der Waals surface area contributed by atoms with Gasteiger partial charge >= 0.3 is 5.97 Å². The second-order valence-electron chi connectivity index (χ2n) is 2.88. The lowest BCUT2D eigenvalue weighted by Gasteiger charge is -2.11. The highest BCUT2D eigenvalue weighted by molar-refractivity contribution is 6.30. The summed E-state index contributed by atoms with van der Waals surface area (Å²) in [6.07, 6.45) is 4.29. The van der Waals surface area contributed by atoms with E-state index >= 15 is 0 Å². The minimum absolute atomic E-state index is 0.344. The van der Waals surface area contributed by atoms with Gasteiger partial charge in [0.1, 0.15) is 5.75 Å². The third-order valence-electron chi connectivity index (χ3n) is 1.75. The van der Waals surface area contributed by atoms with Crippen molar-refractivity contribution in [3.63, 3.8) is 0 Å². The first-order chi connectivity index (χ1) is 7.04. The van der Waals surface area contributed by atoms with Crippen LogP contribution in [0.15, 0.2) is 18.2 Å². The number of ether oxygens (including phenoxy) is 1. The van der Waals surface area contributed by atoms with Crippen LogP contribution in [0, 0.1) is 12.3 Å². The highest BCUT2D eigenvalue weighted by atomic mass is 35.5. The van der Waals surface area contributed by atoms with Crippen LogP contribution in [0.5, 0.6) is 5.75 Å². The van der Waals surface area contributed by atoms with Gasteiger partial charge in [-0.1, -0.05) is 17.5 Å². The normalized spacial score (nSPS) is 11.5. The summed E-state index contributed by atoms with van der Waals surface area (Å²) in [5.41, 5.74) is 0.440. The Morgan fingerprint density at radius 1 is 1.67 bits per heavy atom. The minimum atomic E-state index is -1.05. The standard InChI is InChI=1S/C11H9ClO3/c1-3-8-6-9(12)4-5-10(8)15-7(2)11(13)14/h1,4-7H,2H3,(H,13,14)/t7-/m0/s1. The summed E-state index contributed by atoms with van der Waals surface area (Å²) >= 11 is 5.73. The Morgan fingerprint density at radius 3 is 2.87 bits per heavy atom. The molecule has 0 radical (unpaired) electrons. The van der Waals surface area contributed by atoms with E-state index in [9.17, 15) is 4.79 Å².